The van der Waals surface area contributed by atoms with Crippen molar-refractivity contribution < 1.29 is 0 Å². The third-order valence-electron chi connectivity index (χ3n) is 13.3. The summed E-state index contributed by atoms with van der Waals surface area (Å²) in [5.41, 5.74) is 21.8. The Morgan fingerprint density at radius 2 is 0.620 bits per heavy atom. The molecule has 0 N–H and O–H groups in total. The Hall–Kier alpha value is -9.06. The van der Waals surface area contributed by atoms with E-state index in [9.17, 15) is 0 Å². The highest BCUT2D eigenvalue weighted by molar-refractivity contribution is 6.11. The third-order valence-corrected chi connectivity index (χ3v) is 13.3. The summed E-state index contributed by atoms with van der Waals surface area (Å²) < 4.78 is 2.43. The van der Waals surface area contributed by atoms with Gasteiger partial charge in [-0.2, -0.15) is 0 Å². The lowest BCUT2D eigenvalue weighted by atomic mass is 9.98. The summed E-state index contributed by atoms with van der Waals surface area (Å²) in [7, 11) is 0. The molecule has 0 aliphatic heterocycles. The first-order valence-electron chi connectivity index (χ1n) is 24.2. The number of benzene rings is 9. The lowest BCUT2D eigenvalue weighted by Gasteiger charge is -2.17. The number of nitrogens with zero attached hydrogens (tertiary/aromatic N) is 5. The SMILES string of the molecule is Cc1cc(C)cc(-c2ccc3c4ccc(-c5cc(C)cc(C)c5)cc4n(-c4ccc(-c5nc(-c6ccccc6)cc(-c6ccccc6)n5)cc4-c4nc(-c5ccccc5)cc(-c5ccccc5)n4)c3c2)c1. The number of aromatic nitrogens is 5. The molecule has 0 bridgehead atoms. The van der Waals surface area contributed by atoms with Crippen LogP contribution in [0.25, 0.3) is 118 Å². The van der Waals surface area contributed by atoms with Crippen molar-refractivity contribution in [1.29, 1.82) is 0 Å². The van der Waals surface area contributed by atoms with Crippen molar-refractivity contribution in [3.05, 3.63) is 247 Å². The average Bonchev–Trinajstić information content (AvgIpc) is 3.73. The first-order valence-corrected chi connectivity index (χ1v) is 24.2. The number of aryl methyl sites for hydroxylation is 4. The molecule has 0 spiro atoms. The monoisotopic (exact) mass is 911 g/mol. The second kappa shape index (κ2) is 18.1. The van der Waals surface area contributed by atoms with Gasteiger partial charge < -0.3 is 4.57 Å². The molecule has 71 heavy (non-hydrogen) atoms. The second-order valence-corrected chi connectivity index (χ2v) is 18.7. The van der Waals surface area contributed by atoms with E-state index in [1.54, 1.807) is 0 Å². The van der Waals surface area contributed by atoms with Gasteiger partial charge in [-0.3, -0.25) is 0 Å². The number of hydrogen-bond donors (Lipinski definition) is 0. The van der Waals surface area contributed by atoms with Gasteiger partial charge in [-0.25, -0.2) is 19.9 Å². The normalized spacial score (nSPS) is 11.4. The van der Waals surface area contributed by atoms with E-state index in [0.29, 0.717) is 11.6 Å². The molecule has 12 rings (SSSR count). The van der Waals surface area contributed by atoms with E-state index in [1.807, 2.05) is 24.3 Å². The Morgan fingerprint density at radius 1 is 0.268 bits per heavy atom. The average molecular weight is 912 g/mol. The van der Waals surface area contributed by atoms with Crippen LogP contribution in [0, 0.1) is 27.7 Å². The standard InChI is InChI=1S/C66H49N5/c1-42-31-43(2)34-53(33-42)50-25-28-55-56-29-26-51(54-35-44(3)32-45(4)36-54)39-64(56)71(63(55)38-50)62-30-27-52(65-67-58(46-17-9-5-10-18-46)40-59(68-65)47-19-11-6-12-20-47)37-57(62)66-69-60(48-21-13-7-14-22-48)41-61(70-66)49-23-15-8-16-24-49/h5-41H,1-4H3. The lowest BCUT2D eigenvalue weighted by molar-refractivity contribution is 1.13. The minimum absolute atomic E-state index is 0.593. The predicted octanol–water partition coefficient (Wildman–Crippen LogP) is 16.9. The fourth-order valence-electron chi connectivity index (χ4n) is 10.1. The molecule has 0 amide bonds. The molecule has 0 saturated heterocycles. The molecule has 5 nitrogen and oxygen atoms in total. The maximum absolute atomic E-state index is 5.50. The van der Waals surface area contributed by atoms with Crippen LogP contribution in [-0.4, -0.2) is 24.5 Å². The van der Waals surface area contributed by atoms with E-state index >= 15 is 0 Å². The highest BCUT2D eigenvalue weighted by Gasteiger charge is 2.22. The van der Waals surface area contributed by atoms with E-state index in [2.05, 4.69) is 232 Å². The summed E-state index contributed by atoms with van der Waals surface area (Å²) >= 11 is 0. The van der Waals surface area contributed by atoms with E-state index in [4.69, 9.17) is 19.9 Å². The fourth-order valence-corrected chi connectivity index (χ4v) is 10.1. The molecule has 3 heterocycles. The Kier molecular flexibility index (Phi) is 11.0. The van der Waals surface area contributed by atoms with Gasteiger partial charge in [0.15, 0.2) is 11.6 Å². The molecule has 5 heteroatoms. The summed E-state index contributed by atoms with van der Waals surface area (Å²) in [6, 6.07) is 79.6. The largest absolute Gasteiger partial charge is 0.308 e. The van der Waals surface area contributed by atoms with Crippen LogP contribution in [0.4, 0.5) is 0 Å². The van der Waals surface area contributed by atoms with Gasteiger partial charge in [0.2, 0.25) is 0 Å². The molecule has 9 aromatic carbocycles. The zero-order valence-corrected chi connectivity index (χ0v) is 40.1. The molecular weight excluding hydrogens is 863 g/mol. The molecule has 338 valence electrons. The third kappa shape index (κ3) is 8.49. The smallest absolute Gasteiger partial charge is 0.162 e. The quantitative estimate of drug-likeness (QED) is 0.145. The number of hydrogen-bond acceptors (Lipinski definition) is 4. The summed E-state index contributed by atoms with van der Waals surface area (Å²) in [5.74, 6) is 1.20. The van der Waals surface area contributed by atoms with E-state index in [-0.39, 0.29) is 0 Å². The Morgan fingerprint density at radius 3 is 1.00 bits per heavy atom. The van der Waals surface area contributed by atoms with Crippen molar-refractivity contribution in [3.8, 4) is 95.7 Å². The van der Waals surface area contributed by atoms with Gasteiger partial charge in [-0.1, -0.05) is 204 Å². The van der Waals surface area contributed by atoms with Crippen LogP contribution in [0.1, 0.15) is 22.3 Å². The van der Waals surface area contributed by atoms with Gasteiger partial charge >= 0.3 is 0 Å². The second-order valence-electron chi connectivity index (χ2n) is 18.7. The van der Waals surface area contributed by atoms with Gasteiger partial charge in [-0.15, -0.1) is 0 Å². The van der Waals surface area contributed by atoms with Gasteiger partial charge in [0.05, 0.1) is 39.5 Å². The van der Waals surface area contributed by atoms with Crippen LogP contribution >= 0.6 is 0 Å². The first kappa shape index (κ1) is 43.2. The van der Waals surface area contributed by atoms with Crippen LogP contribution in [0.3, 0.4) is 0 Å². The van der Waals surface area contributed by atoms with E-state index in [1.165, 1.54) is 33.4 Å². The van der Waals surface area contributed by atoms with Crippen molar-refractivity contribution in [1.82, 2.24) is 24.5 Å². The van der Waals surface area contributed by atoms with Crippen molar-refractivity contribution >= 4 is 21.8 Å². The lowest BCUT2D eigenvalue weighted by Crippen LogP contribution is -2.03. The minimum Gasteiger partial charge on any atom is -0.308 e. The molecular formula is C66H49N5. The highest BCUT2D eigenvalue weighted by atomic mass is 15.0. The topological polar surface area (TPSA) is 56.5 Å². The summed E-state index contributed by atoms with van der Waals surface area (Å²) in [6.45, 7) is 8.68. The zero-order chi connectivity index (χ0) is 48.0. The van der Waals surface area contributed by atoms with E-state index in [0.717, 1.165) is 94.8 Å². The molecule has 3 aromatic heterocycles. The van der Waals surface area contributed by atoms with Gasteiger partial charge in [-0.05, 0) is 92.4 Å². The van der Waals surface area contributed by atoms with Crippen LogP contribution in [-0.2, 0) is 0 Å². The highest BCUT2D eigenvalue weighted by Crippen LogP contribution is 2.42. The van der Waals surface area contributed by atoms with Crippen LogP contribution in [0.15, 0.2) is 224 Å². The van der Waals surface area contributed by atoms with Crippen molar-refractivity contribution in [2.24, 2.45) is 0 Å². The van der Waals surface area contributed by atoms with Crippen LogP contribution < -0.4 is 0 Å². The summed E-state index contributed by atoms with van der Waals surface area (Å²) in [4.78, 5) is 21.6. The Labute approximate surface area is 414 Å². The zero-order valence-electron chi connectivity index (χ0n) is 40.1. The van der Waals surface area contributed by atoms with Crippen LogP contribution in [0.2, 0.25) is 0 Å². The van der Waals surface area contributed by atoms with E-state index < -0.39 is 0 Å². The van der Waals surface area contributed by atoms with Crippen molar-refractivity contribution in [2.75, 3.05) is 0 Å². The molecule has 0 saturated carbocycles. The first-order chi connectivity index (χ1) is 34.8. The number of rotatable bonds is 9. The summed E-state index contributed by atoms with van der Waals surface area (Å²) in [6.07, 6.45) is 0. The molecule has 0 atom stereocenters. The van der Waals surface area contributed by atoms with Gasteiger partial charge in [0, 0.05) is 44.2 Å². The Balaban J connectivity index is 1.18. The molecule has 0 aliphatic carbocycles. The van der Waals surface area contributed by atoms with Gasteiger partial charge in [0.1, 0.15) is 0 Å². The minimum atomic E-state index is 0.593. The molecule has 0 fully saturated rings. The number of fused-ring (bicyclic) bond motifs is 3. The molecule has 0 aliphatic rings. The molecule has 0 radical (unpaired) electrons. The maximum atomic E-state index is 5.50. The summed E-state index contributed by atoms with van der Waals surface area (Å²) in [5, 5.41) is 2.32. The fraction of sp³-hybridized carbons (Fsp3) is 0.0606. The molecule has 0 unspecified atom stereocenters. The van der Waals surface area contributed by atoms with Gasteiger partial charge in [0.25, 0.3) is 0 Å². The van der Waals surface area contributed by atoms with Crippen LogP contribution in [0.5, 0.6) is 0 Å². The molecule has 12 aromatic rings. The van der Waals surface area contributed by atoms with Crippen molar-refractivity contribution in [3.63, 3.8) is 0 Å². The predicted molar refractivity (Wildman–Crippen MR) is 294 cm³/mol. The van der Waals surface area contributed by atoms with Crippen molar-refractivity contribution in [2.45, 2.75) is 27.7 Å². The Bertz CT molecular complexity index is 3690. The maximum Gasteiger partial charge on any atom is 0.162 e.